The Hall–Kier alpha value is -3.52. The number of benzene rings is 2. The number of amides is 1. The topological polar surface area (TPSA) is 94.5 Å². The molecule has 0 bridgehead atoms. The van der Waals surface area contributed by atoms with Crippen molar-refractivity contribution < 1.29 is 33.6 Å². The molecule has 8 nitrogen and oxygen atoms in total. The van der Waals surface area contributed by atoms with Crippen molar-refractivity contribution in [2.75, 3.05) is 34.0 Å². The first kappa shape index (κ1) is 26.1. The van der Waals surface area contributed by atoms with Gasteiger partial charge in [-0.2, -0.15) is 0 Å². The normalized spacial score (nSPS) is 17.2. The molecule has 1 heterocycles. The van der Waals surface area contributed by atoms with Crippen molar-refractivity contribution in [1.82, 2.24) is 4.90 Å². The molecule has 2 aromatic rings. The van der Waals surface area contributed by atoms with E-state index in [2.05, 4.69) is 0 Å². The average Bonchev–Trinajstić information content (AvgIpc) is 3.11. The van der Waals surface area contributed by atoms with Crippen molar-refractivity contribution in [3.05, 3.63) is 59.2 Å². The quantitative estimate of drug-likeness (QED) is 0.220. The van der Waals surface area contributed by atoms with Gasteiger partial charge in [-0.3, -0.25) is 9.59 Å². The van der Waals surface area contributed by atoms with Crippen LogP contribution < -0.4 is 14.2 Å². The van der Waals surface area contributed by atoms with Crippen LogP contribution in [0.25, 0.3) is 5.76 Å². The molecule has 0 radical (unpaired) electrons. The van der Waals surface area contributed by atoms with Crippen molar-refractivity contribution >= 4 is 17.4 Å². The van der Waals surface area contributed by atoms with Gasteiger partial charge in [-0.15, -0.1) is 0 Å². The molecule has 0 spiro atoms. The number of para-hydroxylation sites is 1. The Morgan fingerprint density at radius 3 is 2.40 bits per heavy atom. The van der Waals surface area contributed by atoms with Crippen LogP contribution in [-0.2, 0) is 14.3 Å². The molecule has 1 aliphatic rings. The van der Waals surface area contributed by atoms with Crippen LogP contribution in [0.1, 0.15) is 44.4 Å². The Morgan fingerprint density at radius 2 is 1.74 bits per heavy atom. The SMILES string of the molecule is CCOc1cc(C2/C(=C(/O)c3ccccc3OC)C(=O)C(=O)N2CCCOC(C)C)ccc1OC. The van der Waals surface area contributed by atoms with Crippen LogP contribution in [0, 0.1) is 0 Å². The van der Waals surface area contributed by atoms with Crippen LogP contribution in [0.5, 0.6) is 17.2 Å². The average molecular weight is 484 g/mol. The van der Waals surface area contributed by atoms with E-state index < -0.39 is 17.7 Å². The molecule has 0 aliphatic carbocycles. The Morgan fingerprint density at radius 1 is 1.03 bits per heavy atom. The summed E-state index contributed by atoms with van der Waals surface area (Å²) >= 11 is 0. The predicted molar refractivity (Wildman–Crippen MR) is 132 cm³/mol. The van der Waals surface area contributed by atoms with Crippen molar-refractivity contribution in [2.45, 2.75) is 39.3 Å². The lowest BCUT2D eigenvalue weighted by atomic mass is 9.94. The first-order chi connectivity index (χ1) is 16.8. The van der Waals surface area contributed by atoms with Crippen molar-refractivity contribution in [2.24, 2.45) is 0 Å². The Kier molecular flexibility index (Phi) is 8.76. The summed E-state index contributed by atoms with van der Waals surface area (Å²) in [6.07, 6.45) is 0.590. The Bertz CT molecular complexity index is 1090. The van der Waals surface area contributed by atoms with Gasteiger partial charge in [0.05, 0.1) is 44.1 Å². The number of nitrogens with zero attached hydrogens (tertiary/aromatic N) is 1. The van der Waals surface area contributed by atoms with Gasteiger partial charge in [-0.1, -0.05) is 18.2 Å². The Labute approximate surface area is 206 Å². The number of ether oxygens (including phenoxy) is 4. The number of likely N-dealkylation sites (tertiary alicyclic amines) is 1. The van der Waals surface area contributed by atoms with Crippen LogP contribution in [0.2, 0.25) is 0 Å². The third kappa shape index (κ3) is 5.59. The molecule has 1 amide bonds. The van der Waals surface area contributed by atoms with Crippen LogP contribution >= 0.6 is 0 Å². The smallest absolute Gasteiger partial charge is 0.295 e. The predicted octanol–water partition coefficient (Wildman–Crippen LogP) is 4.34. The van der Waals surface area contributed by atoms with Gasteiger partial charge < -0.3 is 29.0 Å². The highest BCUT2D eigenvalue weighted by Crippen LogP contribution is 2.43. The summed E-state index contributed by atoms with van der Waals surface area (Å²) in [5, 5.41) is 11.3. The van der Waals surface area contributed by atoms with Gasteiger partial charge in [-0.25, -0.2) is 0 Å². The minimum Gasteiger partial charge on any atom is -0.507 e. The van der Waals surface area contributed by atoms with E-state index in [1.165, 1.54) is 12.0 Å². The molecule has 0 saturated carbocycles. The largest absolute Gasteiger partial charge is 0.507 e. The van der Waals surface area contributed by atoms with E-state index >= 15 is 0 Å². The highest BCUT2D eigenvalue weighted by molar-refractivity contribution is 6.46. The number of hydrogen-bond acceptors (Lipinski definition) is 7. The first-order valence-electron chi connectivity index (χ1n) is 11.7. The molecule has 2 aromatic carbocycles. The molecular formula is C27H33NO7. The zero-order valence-corrected chi connectivity index (χ0v) is 20.9. The van der Waals surface area contributed by atoms with Crippen LogP contribution in [0.4, 0.5) is 0 Å². The molecular weight excluding hydrogens is 450 g/mol. The number of aliphatic hydroxyl groups excluding tert-OH is 1. The zero-order chi connectivity index (χ0) is 25.5. The minimum atomic E-state index is -0.816. The highest BCUT2D eigenvalue weighted by atomic mass is 16.5. The summed E-state index contributed by atoms with van der Waals surface area (Å²) in [5.74, 6) is -0.312. The minimum absolute atomic E-state index is 0.00288. The molecule has 35 heavy (non-hydrogen) atoms. The second-order valence-corrected chi connectivity index (χ2v) is 8.31. The number of aliphatic hydroxyl groups is 1. The summed E-state index contributed by atoms with van der Waals surface area (Å²) in [6, 6.07) is 11.2. The molecule has 3 rings (SSSR count). The second kappa shape index (κ2) is 11.8. The molecule has 1 N–H and O–H groups in total. The second-order valence-electron chi connectivity index (χ2n) is 8.31. The lowest BCUT2D eigenvalue weighted by Crippen LogP contribution is -2.31. The van der Waals surface area contributed by atoms with E-state index in [0.717, 1.165) is 0 Å². The lowest BCUT2D eigenvalue weighted by Gasteiger charge is -2.26. The summed E-state index contributed by atoms with van der Waals surface area (Å²) in [5.41, 5.74) is 0.950. The van der Waals surface area contributed by atoms with Gasteiger partial charge in [0.15, 0.2) is 11.5 Å². The maximum Gasteiger partial charge on any atom is 0.295 e. The molecule has 1 saturated heterocycles. The number of carbonyl (C=O) groups excluding carboxylic acids is 2. The standard InChI is InChI=1S/C27H33NO7/c1-6-34-22-16-18(12-13-21(22)33-5)24-23(25(29)19-10-7-8-11-20(19)32-4)26(30)27(31)28(24)14-9-15-35-17(2)3/h7-8,10-13,16-17,24,29H,6,9,14-15H2,1-5H3/b25-23-. The van der Waals surface area contributed by atoms with E-state index in [-0.39, 0.29) is 24.0 Å². The fraction of sp³-hybridized carbons (Fsp3) is 0.407. The van der Waals surface area contributed by atoms with Crippen molar-refractivity contribution in [3.8, 4) is 17.2 Å². The van der Waals surface area contributed by atoms with E-state index in [9.17, 15) is 14.7 Å². The molecule has 1 unspecified atom stereocenters. The molecule has 1 atom stereocenters. The summed E-state index contributed by atoms with van der Waals surface area (Å²) < 4.78 is 22.1. The van der Waals surface area contributed by atoms with E-state index in [0.29, 0.717) is 48.0 Å². The van der Waals surface area contributed by atoms with Gasteiger partial charge in [0, 0.05) is 13.2 Å². The summed E-state index contributed by atoms with van der Waals surface area (Å²) in [4.78, 5) is 27.9. The van der Waals surface area contributed by atoms with E-state index in [1.54, 1.807) is 49.6 Å². The summed E-state index contributed by atoms with van der Waals surface area (Å²) in [7, 11) is 3.02. The highest BCUT2D eigenvalue weighted by Gasteiger charge is 2.46. The lowest BCUT2D eigenvalue weighted by molar-refractivity contribution is -0.140. The molecule has 0 aromatic heterocycles. The molecule has 8 heteroatoms. The van der Waals surface area contributed by atoms with Gasteiger partial charge in [-0.05, 0) is 57.0 Å². The van der Waals surface area contributed by atoms with E-state index in [4.69, 9.17) is 18.9 Å². The van der Waals surface area contributed by atoms with Gasteiger partial charge >= 0.3 is 0 Å². The monoisotopic (exact) mass is 483 g/mol. The maximum atomic E-state index is 13.3. The number of Topliss-reactive ketones (excluding diaryl/α,β-unsaturated/α-hetero) is 1. The fourth-order valence-corrected chi connectivity index (χ4v) is 4.13. The van der Waals surface area contributed by atoms with Gasteiger partial charge in [0.2, 0.25) is 0 Å². The summed E-state index contributed by atoms with van der Waals surface area (Å²) in [6.45, 7) is 6.86. The third-order valence-corrected chi connectivity index (χ3v) is 5.70. The number of methoxy groups -OCH3 is 2. The fourth-order valence-electron chi connectivity index (χ4n) is 4.13. The molecule has 1 aliphatic heterocycles. The maximum absolute atomic E-state index is 13.3. The Balaban J connectivity index is 2.13. The number of rotatable bonds is 11. The first-order valence-corrected chi connectivity index (χ1v) is 11.7. The number of hydrogen-bond donors (Lipinski definition) is 1. The molecule has 188 valence electrons. The number of ketones is 1. The van der Waals surface area contributed by atoms with Gasteiger partial charge in [0.25, 0.3) is 11.7 Å². The number of carbonyl (C=O) groups is 2. The van der Waals surface area contributed by atoms with Crippen LogP contribution in [-0.4, -0.2) is 61.8 Å². The molecule has 1 fully saturated rings. The van der Waals surface area contributed by atoms with Crippen molar-refractivity contribution in [1.29, 1.82) is 0 Å². The van der Waals surface area contributed by atoms with Crippen molar-refractivity contribution in [3.63, 3.8) is 0 Å². The van der Waals surface area contributed by atoms with Crippen LogP contribution in [0.15, 0.2) is 48.0 Å². The third-order valence-electron chi connectivity index (χ3n) is 5.70. The zero-order valence-electron chi connectivity index (χ0n) is 20.9. The van der Waals surface area contributed by atoms with Crippen LogP contribution in [0.3, 0.4) is 0 Å². The van der Waals surface area contributed by atoms with E-state index in [1.807, 2.05) is 20.8 Å². The van der Waals surface area contributed by atoms with Gasteiger partial charge in [0.1, 0.15) is 11.5 Å².